The van der Waals surface area contributed by atoms with Crippen LogP contribution in [-0.4, -0.2) is 40.4 Å². The maximum atomic E-state index is 12.9. The predicted molar refractivity (Wildman–Crippen MR) is 92.3 cm³/mol. The second-order valence-corrected chi connectivity index (χ2v) is 9.29. The smallest absolute Gasteiger partial charge is 0.159 e. The average Bonchev–Trinajstić information content (AvgIpc) is 2.55. The van der Waals surface area contributed by atoms with Gasteiger partial charge in [0.05, 0.1) is 19.3 Å². The Kier molecular flexibility index (Phi) is 4.47. The van der Waals surface area contributed by atoms with E-state index in [4.69, 9.17) is 0 Å². The van der Waals surface area contributed by atoms with E-state index >= 15 is 0 Å². The number of hydrogen-bond acceptors (Lipinski definition) is 4. The molecule has 4 atom stereocenters. The monoisotopic (exact) mass is 336 g/mol. The fourth-order valence-electron chi connectivity index (χ4n) is 5.98. The van der Waals surface area contributed by atoms with Crippen molar-refractivity contribution < 1.29 is 20.1 Å². The predicted octanol–water partition coefficient (Wildman–Crippen LogP) is 2.60. The molecule has 24 heavy (non-hydrogen) atoms. The summed E-state index contributed by atoms with van der Waals surface area (Å²) in [7, 11) is 0. The molecule has 0 radical (unpaired) electrons. The van der Waals surface area contributed by atoms with Crippen molar-refractivity contribution in [2.75, 3.05) is 13.2 Å². The normalized spacial score (nSPS) is 40.1. The summed E-state index contributed by atoms with van der Waals surface area (Å²) < 4.78 is 0. The molecule has 0 amide bonds. The van der Waals surface area contributed by atoms with Gasteiger partial charge in [0, 0.05) is 11.8 Å². The largest absolute Gasteiger partial charge is 0.396 e. The first-order valence-corrected chi connectivity index (χ1v) is 9.36. The van der Waals surface area contributed by atoms with E-state index in [-0.39, 0.29) is 29.8 Å². The van der Waals surface area contributed by atoms with Crippen molar-refractivity contribution in [1.82, 2.24) is 0 Å². The van der Waals surface area contributed by atoms with Crippen molar-refractivity contribution in [1.29, 1.82) is 0 Å². The average molecular weight is 336 g/mol. The van der Waals surface area contributed by atoms with E-state index in [1.165, 1.54) is 18.4 Å². The number of Topliss-reactive ketones (excluding diaryl/α,β-unsaturated/α-hetero) is 1. The zero-order chi connectivity index (χ0) is 17.8. The van der Waals surface area contributed by atoms with Crippen LogP contribution in [0.1, 0.15) is 65.7 Å². The molecule has 0 heterocycles. The van der Waals surface area contributed by atoms with Crippen molar-refractivity contribution in [2.24, 2.45) is 22.2 Å². The number of carbonyl (C=O) groups excluding carboxylic acids is 1. The summed E-state index contributed by atoms with van der Waals surface area (Å²) in [6, 6.07) is 0. The van der Waals surface area contributed by atoms with Crippen LogP contribution in [0.2, 0.25) is 0 Å². The Balaban J connectivity index is 2.03. The number of allylic oxidation sites excluding steroid dienone is 2. The first-order chi connectivity index (χ1) is 11.2. The molecule has 0 aromatic rings. The second-order valence-electron chi connectivity index (χ2n) is 9.29. The Morgan fingerprint density at radius 1 is 1.17 bits per heavy atom. The van der Waals surface area contributed by atoms with Crippen LogP contribution in [0.4, 0.5) is 0 Å². The van der Waals surface area contributed by atoms with Crippen molar-refractivity contribution in [3.63, 3.8) is 0 Å². The minimum Gasteiger partial charge on any atom is -0.396 e. The van der Waals surface area contributed by atoms with Gasteiger partial charge in [-0.2, -0.15) is 0 Å². The van der Waals surface area contributed by atoms with Crippen molar-refractivity contribution in [3.05, 3.63) is 11.1 Å². The van der Waals surface area contributed by atoms with Crippen molar-refractivity contribution in [3.8, 4) is 0 Å². The van der Waals surface area contributed by atoms with Gasteiger partial charge < -0.3 is 15.3 Å². The third-order valence-corrected chi connectivity index (χ3v) is 7.61. The van der Waals surface area contributed by atoms with Gasteiger partial charge >= 0.3 is 0 Å². The molecule has 3 aliphatic carbocycles. The number of ketones is 1. The fraction of sp³-hybridized carbons (Fsp3) is 0.850. The minimum absolute atomic E-state index is 0.0662. The summed E-state index contributed by atoms with van der Waals surface area (Å²) in [5.41, 5.74) is 1.61. The molecular formula is C20H32O4. The number of hydrogen-bond donors (Lipinski definition) is 3. The summed E-state index contributed by atoms with van der Waals surface area (Å²) in [5.74, 6) is 0.583. The number of rotatable bonds is 3. The van der Waals surface area contributed by atoms with Gasteiger partial charge in [-0.15, -0.1) is 0 Å². The van der Waals surface area contributed by atoms with Crippen LogP contribution in [0.15, 0.2) is 11.1 Å². The zero-order valence-corrected chi connectivity index (χ0v) is 15.3. The summed E-state index contributed by atoms with van der Waals surface area (Å²) in [4.78, 5) is 12.9. The van der Waals surface area contributed by atoms with E-state index in [2.05, 4.69) is 20.8 Å². The molecule has 4 nitrogen and oxygen atoms in total. The summed E-state index contributed by atoms with van der Waals surface area (Å²) >= 11 is 0. The van der Waals surface area contributed by atoms with Gasteiger partial charge in [0.15, 0.2) is 5.78 Å². The van der Waals surface area contributed by atoms with Gasteiger partial charge in [-0.3, -0.25) is 4.79 Å². The molecule has 0 aliphatic heterocycles. The molecule has 3 aliphatic rings. The van der Waals surface area contributed by atoms with E-state index in [1.54, 1.807) is 0 Å². The molecule has 1 fully saturated rings. The Bertz CT molecular complexity index is 564. The third-order valence-electron chi connectivity index (χ3n) is 7.61. The summed E-state index contributed by atoms with van der Waals surface area (Å²) in [6.07, 6.45) is 4.89. The lowest BCUT2D eigenvalue weighted by Crippen LogP contribution is -2.51. The number of fused-ring (bicyclic) bond motifs is 2. The molecule has 0 aromatic carbocycles. The molecule has 3 N–H and O–H groups in total. The molecule has 0 saturated heterocycles. The summed E-state index contributed by atoms with van der Waals surface area (Å²) in [6.45, 7) is 6.36. The van der Waals surface area contributed by atoms with Crippen LogP contribution in [-0.2, 0) is 4.79 Å². The molecule has 1 saturated carbocycles. The van der Waals surface area contributed by atoms with Gasteiger partial charge in [-0.1, -0.05) is 32.8 Å². The Morgan fingerprint density at radius 3 is 2.50 bits per heavy atom. The van der Waals surface area contributed by atoms with E-state index in [9.17, 15) is 20.1 Å². The van der Waals surface area contributed by atoms with Gasteiger partial charge in [-0.25, -0.2) is 0 Å². The highest BCUT2D eigenvalue weighted by molar-refractivity contribution is 5.98. The molecule has 3 rings (SSSR count). The van der Waals surface area contributed by atoms with E-state index in [0.717, 1.165) is 18.4 Å². The highest BCUT2D eigenvalue weighted by Gasteiger charge is 2.55. The standard InChI is InChI=1S/C20H32O4/c1-18(2)6-4-7-19(3)14-5-8-20(12-22,17(24)11-21)10-13(14)15(23)9-16(18)19/h16-17,21-22,24H,4-12H2,1-3H3/t16?,17-,19-,20?/m1/s1. The Labute approximate surface area is 145 Å². The maximum absolute atomic E-state index is 12.9. The lowest BCUT2D eigenvalue weighted by atomic mass is 9.47. The Hall–Kier alpha value is -0.710. The highest BCUT2D eigenvalue weighted by atomic mass is 16.3. The van der Waals surface area contributed by atoms with E-state index in [1.807, 2.05) is 0 Å². The molecule has 136 valence electrons. The quantitative estimate of drug-likeness (QED) is 0.740. The summed E-state index contributed by atoms with van der Waals surface area (Å²) in [5, 5.41) is 29.5. The molecule has 0 spiro atoms. The zero-order valence-electron chi connectivity index (χ0n) is 15.3. The van der Waals surface area contributed by atoms with Crippen LogP contribution in [0, 0.1) is 22.2 Å². The first kappa shape index (κ1) is 18.1. The van der Waals surface area contributed by atoms with Crippen molar-refractivity contribution >= 4 is 5.78 Å². The van der Waals surface area contributed by atoms with Crippen molar-refractivity contribution in [2.45, 2.75) is 71.8 Å². The van der Waals surface area contributed by atoms with E-state index in [0.29, 0.717) is 25.2 Å². The fourth-order valence-corrected chi connectivity index (χ4v) is 5.98. The minimum atomic E-state index is -0.974. The molecule has 0 aromatic heterocycles. The molecule has 4 heteroatoms. The second kappa shape index (κ2) is 5.93. The lowest BCUT2D eigenvalue weighted by Gasteiger charge is -2.57. The topological polar surface area (TPSA) is 77.8 Å². The van der Waals surface area contributed by atoms with Gasteiger partial charge in [-0.05, 0) is 54.4 Å². The number of aliphatic hydroxyl groups excluding tert-OH is 3. The van der Waals surface area contributed by atoms with Crippen LogP contribution in [0.3, 0.4) is 0 Å². The van der Waals surface area contributed by atoms with Crippen LogP contribution < -0.4 is 0 Å². The van der Waals surface area contributed by atoms with Gasteiger partial charge in [0.2, 0.25) is 0 Å². The van der Waals surface area contributed by atoms with Gasteiger partial charge in [0.1, 0.15) is 0 Å². The number of carbonyl (C=O) groups is 1. The lowest BCUT2D eigenvalue weighted by molar-refractivity contribution is -0.124. The SMILES string of the molecule is CC1(C)CCC[C@]2(C)C3=C(CC(CO)([C@H](O)CO)CC3)C(=O)CC12. The highest BCUT2D eigenvalue weighted by Crippen LogP contribution is 2.62. The molecule has 0 bridgehead atoms. The Morgan fingerprint density at radius 2 is 1.88 bits per heavy atom. The third kappa shape index (κ3) is 2.49. The van der Waals surface area contributed by atoms with Crippen LogP contribution in [0.25, 0.3) is 0 Å². The molecular weight excluding hydrogens is 304 g/mol. The number of aliphatic hydroxyl groups is 3. The molecule has 2 unspecified atom stereocenters. The van der Waals surface area contributed by atoms with Crippen LogP contribution >= 0.6 is 0 Å². The maximum Gasteiger partial charge on any atom is 0.159 e. The van der Waals surface area contributed by atoms with Crippen LogP contribution in [0.5, 0.6) is 0 Å². The van der Waals surface area contributed by atoms with E-state index < -0.39 is 11.5 Å². The first-order valence-electron chi connectivity index (χ1n) is 9.36. The van der Waals surface area contributed by atoms with Gasteiger partial charge in [0.25, 0.3) is 0 Å².